The van der Waals surface area contributed by atoms with Gasteiger partial charge in [0, 0.05) is 12.1 Å². The maximum atomic E-state index is 13.4. The van der Waals surface area contributed by atoms with E-state index in [0.29, 0.717) is 17.0 Å². The smallest absolute Gasteiger partial charge is 0.337 e. The summed E-state index contributed by atoms with van der Waals surface area (Å²) in [4.78, 5) is 43.0. The van der Waals surface area contributed by atoms with E-state index in [2.05, 4.69) is 4.98 Å². The molecule has 9 heteroatoms. The predicted molar refractivity (Wildman–Crippen MR) is 113 cm³/mol. The van der Waals surface area contributed by atoms with Gasteiger partial charge in [-0.25, -0.2) is 18.7 Å². The first kappa shape index (κ1) is 20.3. The number of carbonyl (C=O) groups is 1. The molecule has 0 fully saturated rings. The molecule has 2 heterocycles. The van der Waals surface area contributed by atoms with Gasteiger partial charge in [0.1, 0.15) is 11.6 Å². The molecule has 0 aliphatic carbocycles. The summed E-state index contributed by atoms with van der Waals surface area (Å²) in [6, 6.07) is 12.0. The first-order valence-electron chi connectivity index (χ1n) is 9.58. The molecule has 8 nitrogen and oxygen atoms in total. The molecule has 0 aliphatic heterocycles. The number of nitrogens with zero attached hydrogens (tertiary/aromatic N) is 4. The maximum Gasteiger partial charge on any atom is 0.337 e. The first-order valence-corrected chi connectivity index (χ1v) is 9.58. The molecule has 4 rings (SSSR count). The van der Waals surface area contributed by atoms with Gasteiger partial charge in [0.25, 0.3) is 5.56 Å². The van der Waals surface area contributed by atoms with E-state index >= 15 is 0 Å². The summed E-state index contributed by atoms with van der Waals surface area (Å²) in [5.74, 6) is -0.161. The van der Waals surface area contributed by atoms with Gasteiger partial charge in [0.2, 0.25) is 0 Å². The minimum Gasteiger partial charge on any atom is -0.497 e. The number of ether oxygens (including phenoxy) is 1. The Labute approximate surface area is 175 Å². The molecule has 0 radical (unpaired) electrons. The average molecular weight is 422 g/mol. The summed E-state index contributed by atoms with van der Waals surface area (Å²) in [6.45, 7) is 1.65. The Morgan fingerprint density at radius 2 is 1.87 bits per heavy atom. The SMILES string of the molecule is CCn1c(=O)c2c(ncn2CC(=O)c2cccc(OC)c2)n(-c2ccc(F)cc2)c1=O. The number of carbonyl (C=O) groups excluding carboxylic acids is 1. The highest BCUT2D eigenvalue weighted by atomic mass is 19.1. The van der Waals surface area contributed by atoms with E-state index in [1.807, 2.05) is 0 Å². The molecule has 2 aromatic carbocycles. The largest absolute Gasteiger partial charge is 0.497 e. The van der Waals surface area contributed by atoms with Crippen LogP contribution in [0.2, 0.25) is 0 Å². The minimum atomic E-state index is -0.587. The van der Waals surface area contributed by atoms with Crippen LogP contribution in [0.4, 0.5) is 4.39 Å². The van der Waals surface area contributed by atoms with Crippen molar-refractivity contribution in [2.75, 3.05) is 7.11 Å². The van der Waals surface area contributed by atoms with Crippen LogP contribution in [-0.4, -0.2) is 31.6 Å². The van der Waals surface area contributed by atoms with Crippen molar-refractivity contribution in [3.63, 3.8) is 0 Å². The van der Waals surface area contributed by atoms with E-state index in [1.54, 1.807) is 31.2 Å². The maximum absolute atomic E-state index is 13.4. The van der Waals surface area contributed by atoms with Crippen LogP contribution < -0.4 is 16.0 Å². The topological polar surface area (TPSA) is 88.1 Å². The quantitative estimate of drug-likeness (QED) is 0.445. The summed E-state index contributed by atoms with van der Waals surface area (Å²) in [5.41, 5.74) is -0.133. The van der Waals surface area contributed by atoms with Crippen LogP contribution in [0.5, 0.6) is 5.75 Å². The van der Waals surface area contributed by atoms with Gasteiger partial charge in [-0.1, -0.05) is 12.1 Å². The molecule has 0 spiro atoms. The molecular weight excluding hydrogens is 403 g/mol. The zero-order valence-electron chi connectivity index (χ0n) is 16.9. The van der Waals surface area contributed by atoms with Gasteiger partial charge in [0.05, 0.1) is 25.7 Å². The molecule has 31 heavy (non-hydrogen) atoms. The summed E-state index contributed by atoms with van der Waals surface area (Å²) < 4.78 is 22.3. The van der Waals surface area contributed by atoms with Crippen LogP contribution in [0.15, 0.2) is 64.4 Å². The number of hydrogen-bond donors (Lipinski definition) is 0. The third-order valence-corrected chi connectivity index (χ3v) is 5.01. The number of rotatable bonds is 6. The van der Waals surface area contributed by atoms with Gasteiger partial charge in [0.15, 0.2) is 16.9 Å². The number of fused-ring (bicyclic) bond motifs is 1. The highest BCUT2D eigenvalue weighted by molar-refractivity contribution is 5.96. The molecule has 2 aromatic heterocycles. The van der Waals surface area contributed by atoms with Crippen LogP contribution in [0.25, 0.3) is 16.9 Å². The lowest BCUT2D eigenvalue weighted by Gasteiger charge is -2.11. The summed E-state index contributed by atoms with van der Waals surface area (Å²) >= 11 is 0. The zero-order valence-corrected chi connectivity index (χ0v) is 16.9. The molecule has 4 aromatic rings. The van der Waals surface area contributed by atoms with E-state index in [0.717, 1.165) is 4.57 Å². The third-order valence-electron chi connectivity index (χ3n) is 5.01. The molecule has 0 unspecified atom stereocenters. The van der Waals surface area contributed by atoms with Crippen molar-refractivity contribution in [2.45, 2.75) is 20.0 Å². The fourth-order valence-electron chi connectivity index (χ4n) is 3.44. The van der Waals surface area contributed by atoms with Gasteiger partial charge in [-0.05, 0) is 43.3 Å². The van der Waals surface area contributed by atoms with Crippen LogP contribution in [-0.2, 0) is 13.1 Å². The lowest BCUT2D eigenvalue weighted by atomic mass is 10.1. The Bertz CT molecular complexity index is 1400. The summed E-state index contributed by atoms with van der Waals surface area (Å²) in [6.07, 6.45) is 1.35. The summed E-state index contributed by atoms with van der Waals surface area (Å²) in [5, 5.41) is 0. The van der Waals surface area contributed by atoms with Gasteiger partial charge < -0.3 is 9.30 Å². The van der Waals surface area contributed by atoms with E-state index < -0.39 is 17.1 Å². The van der Waals surface area contributed by atoms with Crippen molar-refractivity contribution in [1.29, 1.82) is 0 Å². The molecule has 0 saturated carbocycles. The van der Waals surface area contributed by atoms with Crippen molar-refractivity contribution < 1.29 is 13.9 Å². The Hall–Kier alpha value is -4.01. The predicted octanol–water partition coefficient (Wildman–Crippen LogP) is 2.40. The Morgan fingerprint density at radius 1 is 1.13 bits per heavy atom. The van der Waals surface area contributed by atoms with E-state index in [4.69, 9.17) is 4.74 Å². The monoisotopic (exact) mass is 422 g/mol. The average Bonchev–Trinajstić information content (AvgIpc) is 3.18. The highest BCUT2D eigenvalue weighted by Gasteiger charge is 2.20. The zero-order chi connectivity index (χ0) is 22.1. The third kappa shape index (κ3) is 3.54. The second-order valence-corrected chi connectivity index (χ2v) is 6.84. The number of Topliss-reactive ketones (excluding diaryl/α,β-unsaturated/α-hetero) is 1. The van der Waals surface area contributed by atoms with Crippen molar-refractivity contribution >= 4 is 16.9 Å². The molecular formula is C22H19FN4O4. The second-order valence-electron chi connectivity index (χ2n) is 6.84. The van der Waals surface area contributed by atoms with Gasteiger partial charge in [-0.15, -0.1) is 0 Å². The number of halogens is 1. The first-order chi connectivity index (χ1) is 14.9. The molecule has 0 saturated heterocycles. The van der Waals surface area contributed by atoms with E-state index in [1.165, 1.54) is 46.8 Å². The lowest BCUT2D eigenvalue weighted by molar-refractivity contribution is 0.0973. The highest BCUT2D eigenvalue weighted by Crippen LogP contribution is 2.16. The van der Waals surface area contributed by atoms with E-state index in [-0.39, 0.29) is 30.0 Å². The second kappa shape index (κ2) is 8.02. The fraction of sp³-hybridized carbons (Fsp3) is 0.182. The molecule has 0 aliphatic rings. The summed E-state index contributed by atoms with van der Waals surface area (Å²) in [7, 11) is 1.51. The Balaban J connectivity index is 1.88. The van der Waals surface area contributed by atoms with Crippen molar-refractivity contribution in [1.82, 2.24) is 18.7 Å². The van der Waals surface area contributed by atoms with Crippen molar-refractivity contribution in [3.05, 3.63) is 87.1 Å². The number of methoxy groups -OCH3 is 1. The standard InChI is InChI=1S/C22H19FN4O4/c1-3-26-21(29)19-20(27(22(26)30)16-9-7-15(23)8-10-16)24-13-25(19)12-18(28)14-5-4-6-17(11-14)31-2/h4-11,13H,3,12H2,1-2H3. The van der Waals surface area contributed by atoms with Crippen LogP contribution in [0.1, 0.15) is 17.3 Å². The normalized spacial score (nSPS) is 11.1. The molecule has 158 valence electrons. The van der Waals surface area contributed by atoms with Crippen molar-refractivity contribution in [2.24, 2.45) is 0 Å². The molecule has 0 N–H and O–H groups in total. The number of imidazole rings is 1. The number of benzene rings is 2. The minimum absolute atomic E-state index is 0.102. The van der Waals surface area contributed by atoms with Crippen molar-refractivity contribution in [3.8, 4) is 11.4 Å². The van der Waals surface area contributed by atoms with Crippen LogP contribution >= 0.6 is 0 Å². The molecule has 0 bridgehead atoms. The fourth-order valence-corrected chi connectivity index (χ4v) is 3.44. The lowest BCUT2D eigenvalue weighted by Crippen LogP contribution is -2.39. The number of aromatic nitrogens is 4. The molecule has 0 amide bonds. The van der Waals surface area contributed by atoms with Gasteiger partial charge >= 0.3 is 5.69 Å². The van der Waals surface area contributed by atoms with Gasteiger partial charge in [-0.3, -0.25) is 14.2 Å². The van der Waals surface area contributed by atoms with Crippen LogP contribution in [0.3, 0.4) is 0 Å². The number of ketones is 1. The molecule has 0 atom stereocenters. The Morgan fingerprint density at radius 3 is 2.55 bits per heavy atom. The van der Waals surface area contributed by atoms with Gasteiger partial charge in [-0.2, -0.15) is 0 Å². The van der Waals surface area contributed by atoms with Crippen LogP contribution in [0, 0.1) is 5.82 Å². The van der Waals surface area contributed by atoms with E-state index in [9.17, 15) is 18.8 Å². The number of hydrogen-bond acceptors (Lipinski definition) is 5. The Kier molecular flexibility index (Phi) is 5.24.